The van der Waals surface area contributed by atoms with Gasteiger partial charge in [-0.2, -0.15) is 0 Å². The van der Waals surface area contributed by atoms with Gasteiger partial charge in [-0.05, 0) is 32.4 Å². The molecule has 0 fully saturated rings. The largest absolute Gasteiger partial charge is 0.360 e. The monoisotopic (exact) mass is 337 g/mol. The number of aryl methyl sites for hydroxylation is 3. The first-order valence-corrected chi connectivity index (χ1v) is 7.89. The first-order valence-electron chi connectivity index (χ1n) is 7.89. The summed E-state index contributed by atoms with van der Waals surface area (Å²) in [6.45, 7) is 6.05. The fraction of sp³-hybridized carbons (Fsp3) is 0.222. The molecule has 0 radical (unpaired) electrons. The van der Waals surface area contributed by atoms with Crippen LogP contribution in [0.25, 0.3) is 0 Å². The summed E-state index contributed by atoms with van der Waals surface area (Å²) >= 11 is 0. The quantitative estimate of drug-likeness (QED) is 0.743. The molecule has 1 aromatic carbocycles. The first-order chi connectivity index (χ1) is 12.0. The molecule has 0 bridgehead atoms. The third kappa shape index (κ3) is 4.41. The van der Waals surface area contributed by atoms with E-state index < -0.39 is 0 Å². The molecule has 3 rings (SSSR count). The number of nitrogens with one attached hydrogen (secondary N) is 2. The molecule has 0 atom stereocenters. The zero-order chi connectivity index (χ0) is 17.8. The van der Waals surface area contributed by atoms with E-state index in [4.69, 9.17) is 4.52 Å². The molecule has 2 heterocycles. The average molecular weight is 337 g/mol. The van der Waals surface area contributed by atoms with Gasteiger partial charge in [0, 0.05) is 18.3 Å². The zero-order valence-corrected chi connectivity index (χ0v) is 14.3. The van der Waals surface area contributed by atoms with Crippen molar-refractivity contribution in [3.05, 3.63) is 64.7 Å². The molecule has 1 amide bonds. The van der Waals surface area contributed by atoms with E-state index >= 15 is 0 Å². The Morgan fingerprint density at radius 1 is 1.12 bits per heavy atom. The summed E-state index contributed by atoms with van der Waals surface area (Å²) in [4.78, 5) is 20.9. The van der Waals surface area contributed by atoms with Gasteiger partial charge in [-0.15, -0.1) is 0 Å². The third-order valence-corrected chi connectivity index (χ3v) is 3.49. The lowest BCUT2D eigenvalue weighted by atomic mass is 10.1. The van der Waals surface area contributed by atoms with Crippen molar-refractivity contribution in [2.75, 3.05) is 5.32 Å². The minimum atomic E-state index is -0.258. The highest BCUT2D eigenvalue weighted by atomic mass is 16.5. The smallest absolute Gasteiger partial charge is 0.270 e. The van der Waals surface area contributed by atoms with Crippen molar-refractivity contribution in [3.8, 4) is 0 Å². The van der Waals surface area contributed by atoms with Crippen molar-refractivity contribution < 1.29 is 9.32 Å². The lowest BCUT2D eigenvalue weighted by molar-refractivity contribution is 0.0945. The molecule has 0 aliphatic rings. The van der Waals surface area contributed by atoms with Crippen molar-refractivity contribution in [3.63, 3.8) is 0 Å². The van der Waals surface area contributed by atoms with Crippen LogP contribution < -0.4 is 10.6 Å². The van der Waals surface area contributed by atoms with E-state index in [1.165, 1.54) is 0 Å². The van der Waals surface area contributed by atoms with Crippen LogP contribution in [0.5, 0.6) is 0 Å². The number of rotatable bonds is 5. The van der Waals surface area contributed by atoms with Gasteiger partial charge < -0.3 is 15.2 Å². The van der Waals surface area contributed by atoms with Crippen molar-refractivity contribution in [2.24, 2.45) is 0 Å². The van der Waals surface area contributed by atoms with E-state index in [0.717, 1.165) is 11.1 Å². The SMILES string of the molecule is Cc1cccc(CNC(=O)c2cc(C)nc(Nc3cc(C)on3)n2)c1. The maximum Gasteiger partial charge on any atom is 0.270 e. The number of amides is 1. The lowest BCUT2D eigenvalue weighted by Crippen LogP contribution is -2.24. The summed E-state index contributed by atoms with van der Waals surface area (Å²) in [5, 5.41) is 9.64. The molecule has 7 nitrogen and oxygen atoms in total. The molecule has 3 aromatic rings. The molecule has 0 aliphatic heterocycles. The van der Waals surface area contributed by atoms with Gasteiger partial charge in [0.2, 0.25) is 5.95 Å². The van der Waals surface area contributed by atoms with Crippen LogP contribution in [0, 0.1) is 20.8 Å². The standard InChI is InChI=1S/C18H19N5O2/c1-11-5-4-6-14(7-11)10-19-17(24)15-8-12(2)20-18(21-15)22-16-9-13(3)25-23-16/h4-9H,10H2,1-3H3,(H,19,24)(H,20,21,22,23). The van der Waals surface area contributed by atoms with Gasteiger partial charge in [-0.3, -0.25) is 4.79 Å². The second-order valence-corrected chi connectivity index (χ2v) is 5.84. The predicted molar refractivity (Wildman–Crippen MR) is 93.6 cm³/mol. The Morgan fingerprint density at radius 2 is 1.96 bits per heavy atom. The molecule has 25 heavy (non-hydrogen) atoms. The minimum Gasteiger partial charge on any atom is -0.360 e. The molecule has 0 saturated carbocycles. The van der Waals surface area contributed by atoms with Crippen LogP contribution >= 0.6 is 0 Å². The van der Waals surface area contributed by atoms with Crippen molar-refractivity contribution in [1.29, 1.82) is 0 Å². The summed E-state index contributed by atoms with van der Waals surface area (Å²) in [6.07, 6.45) is 0. The summed E-state index contributed by atoms with van der Waals surface area (Å²) in [5.41, 5.74) is 3.16. The average Bonchev–Trinajstić information content (AvgIpc) is 2.97. The molecule has 2 N–H and O–H groups in total. The van der Waals surface area contributed by atoms with E-state index in [9.17, 15) is 4.79 Å². The normalized spacial score (nSPS) is 10.5. The van der Waals surface area contributed by atoms with Crippen LogP contribution in [-0.4, -0.2) is 21.0 Å². The molecule has 0 saturated heterocycles. The van der Waals surface area contributed by atoms with Gasteiger partial charge in [-0.25, -0.2) is 9.97 Å². The molecule has 128 valence electrons. The van der Waals surface area contributed by atoms with Gasteiger partial charge in [-0.1, -0.05) is 35.0 Å². The highest BCUT2D eigenvalue weighted by Crippen LogP contribution is 2.14. The number of carbonyl (C=O) groups is 1. The number of anilines is 2. The number of hydrogen-bond acceptors (Lipinski definition) is 6. The zero-order valence-electron chi connectivity index (χ0n) is 14.3. The van der Waals surface area contributed by atoms with Crippen LogP contribution in [0.1, 0.15) is 33.1 Å². The van der Waals surface area contributed by atoms with Crippen LogP contribution in [0.4, 0.5) is 11.8 Å². The van der Waals surface area contributed by atoms with Gasteiger partial charge >= 0.3 is 0 Å². The fourth-order valence-corrected chi connectivity index (χ4v) is 2.38. The minimum absolute atomic E-state index is 0.258. The van der Waals surface area contributed by atoms with E-state index in [2.05, 4.69) is 25.8 Å². The highest BCUT2D eigenvalue weighted by molar-refractivity contribution is 5.92. The van der Waals surface area contributed by atoms with Crippen LogP contribution in [-0.2, 0) is 6.54 Å². The molecule has 7 heteroatoms. The maximum absolute atomic E-state index is 12.4. The number of benzene rings is 1. The summed E-state index contributed by atoms with van der Waals surface area (Å²) in [5.74, 6) is 1.21. The molecule has 2 aromatic heterocycles. The maximum atomic E-state index is 12.4. The van der Waals surface area contributed by atoms with Crippen molar-refractivity contribution in [1.82, 2.24) is 20.4 Å². The Kier molecular flexibility index (Phi) is 4.74. The van der Waals surface area contributed by atoms with Crippen molar-refractivity contribution >= 4 is 17.7 Å². The third-order valence-electron chi connectivity index (χ3n) is 3.49. The number of nitrogens with zero attached hydrogens (tertiary/aromatic N) is 3. The Bertz CT molecular complexity index is 904. The predicted octanol–water partition coefficient (Wildman–Crippen LogP) is 3.06. The Balaban J connectivity index is 1.71. The number of hydrogen-bond donors (Lipinski definition) is 2. The van der Waals surface area contributed by atoms with E-state index in [-0.39, 0.29) is 5.91 Å². The van der Waals surface area contributed by atoms with Crippen LogP contribution in [0.15, 0.2) is 40.9 Å². The van der Waals surface area contributed by atoms with E-state index in [1.807, 2.05) is 31.2 Å². The molecular weight excluding hydrogens is 318 g/mol. The second-order valence-electron chi connectivity index (χ2n) is 5.84. The topological polar surface area (TPSA) is 92.9 Å². The number of carbonyl (C=O) groups excluding carboxylic acids is 1. The van der Waals surface area contributed by atoms with Crippen LogP contribution in [0.2, 0.25) is 0 Å². The van der Waals surface area contributed by atoms with Crippen molar-refractivity contribution in [2.45, 2.75) is 27.3 Å². The first kappa shape index (κ1) is 16.6. The van der Waals surface area contributed by atoms with Gasteiger partial charge in [0.1, 0.15) is 11.5 Å². The Labute approximate surface area is 145 Å². The lowest BCUT2D eigenvalue weighted by Gasteiger charge is -2.08. The second kappa shape index (κ2) is 7.12. The Morgan fingerprint density at radius 3 is 2.68 bits per heavy atom. The summed E-state index contributed by atoms with van der Waals surface area (Å²) < 4.78 is 4.99. The van der Waals surface area contributed by atoms with Gasteiger partial charge in [0.15, 0.2) is 5.82 Å². The summed E-state index contributed by atoms with van der Waals surface area (Å²) in [6, 6.07) is 11.4. The van der Waals surface area contributed by atoms with E-state index in [0.29, 0.717) is 35.5 Å². The summed E-state index contributed by atoms with van der Waals surface area (Å²) in [7, 11) is 0. The van der Waals surface area contributed by atoms with Gasteiger partial charge in [0.05, 0.1) is 0 Å². The number of aromatic nitrogens is 3. The van der Waals surface area contributed by atoms with E-state index in [1.54, 1.807) is 26.0 Å². The molecule has 0 unspecified atom stereocenters. The molecule has 0 aliphatic carbocycles. The van der Waals surface area contributed by atoms with Crippen LogP contribution in [0.3, 0.4) is 0 Å². The molecule has 0 spiro atoms. The highest BCUT2D eigenvalue weighted by Gasteiger charge is 2.11. The van der Waals surface area contributed by atoms with Gasteiger partial charge in [0.25, 0.3) is 5.91 Å². The molecular formula is C18H19N5O2. The Hall–Kier alpha value is -3.22. The fourth-order valence-electron chi connectivity index (χ4n) is 2.38.